The Bertz CT molecular complexity index is 198. The highest BCUT2D eigenvalue weighted by Gasteiger charge is 2.24. The van der Waals surface area contributed by atoms with Crippen LogP contribution < -0.4 is 0 Å². The van der Waals surface area contributed by atoms with Crippen LogP contribution in [0.3, 0.4) is 0 Å². The van der Waals surface area contributed by atoms with Crippen LogP contribution in [-0.2, 0) is 0 Å². The van der Waals surface area contributed by atoms with E-state index in [4.69, 9.17) is 0 Å². The second-order valence-corrected chi connectivity index (χ2v) is 3.95. The first-order valence-corrected chi connectivity index (χ1v) is 4.67. The maximum Gasteiger partial charge on any atom is -0.0289 e. The van der Waals surface area contributed by atoms with E-state index in [0.29, 0.717) is 0 Å². The van der Waals surface area contributed by atoms with Gasteiger partial charge in [0.15, 0.2) is 0 Å². The van der Waals surface area contributed by atoms with Gasteiger partial charge in [-0.2, -0.15) is 0 Å². The van der Waals surface area contributed by atoms with Crippen LogP contribution in [0.2, 0.25) is 0 Å². The largest absolute Gasteiger partial charge is 0.0882 e. The van der Waals surface area contributed by atoms with Gasteiger partial charge in [-0.3, -0.25) is 0 Å². The van der Waals surface area contributed by atoms with Crippen LogP contribution in [0.1, 0.15) is 32.6 Å². The van der Waals surface area contributed by atoms with Crippen LogP contribution in [0.4, 0.5) is 0 Å². The van der Waals surface area contributed by atoms with Crippen molar-refractivity contribution in [3.05, 3.63) is 23.8 Å². The molecule has 0 aliphatic heterocycles. The number of fused-ring (bicyclic) bond motifs is 1. The van der Waals surface area contributed by atoms with E-state index in [2.05, 4.69) is 25.2 Å². The second kappa shape index (κ2) is 2.84. The molecular formula is C11H16. The summed E-state index contributed by atoms with van der Waals surface area (Å²) in [6.07, 6.45) is 12.5. The predicted molar refractivity (Wildman–Crippen MR) is 48.3 cm³/mol. The molecule has 0 bridgehead atoms. The molecule has 11 heavy (non-hydrogen) atoms. The zero-order chi connectivity index (χ0) is 7.68. The fourth-order valence-corrected chi connectivity index (χ4v) is 2.32. The lowest BCUT2D eigenvalue weighted by atomic mass is 9.74. The van der Waals surface area contributed by atoms with Gasteiger partial charge in [0.25, 0.3) is 0 Å². The standard InChI is InChI=1S/C11H16/c1-9-6-7-10-4-2-3-5-11(10)8-9/h2-3,6,10-11H,4-5,7-8H2,1H3. The third-order valence-corrected chi connectivity index (χ3v) is 3.06. The molecule has 60 valence electrons. The van der Waals surface area contributed by atoms with E-state index in [0.717, 1.165) is 11.8 Å². The second-order valence-electron chi connectivity index (χ2n) is 3.95. The highest BCUT2D eigenvalue weighted by Crippen LogP contribution is 2.36. The van der Waals surface area contributed by atoms with Crippen LogP contribution in [0.5, 0.6) is 0 Å². The van der Waals surface area contributed by atoms with E-state index in [1.165, 1.54) is 25.7 Å². The predicted octanol–water partition coefficient (Wildman–Crippen LogP) is 3.31. The Morgan fingerprint density at radius 1 is 1.09 bits per heavy atom. The van der Waals surface area contributed by atoms with Gasteiger partial charge < -0.3 is 0 Å². The van der Waals surface area contributed by atoms with Crippen LogP contribution >= 0.6 is 0 Å². The lowest BCUT2D eigenvalue weighted by Gasteiger charge is -2.31. The van der Waals surface area contributed by atoms with Crippen molar-refractivity contribution < 1.29 is 0 Å². The van der Waals surface area contributed by atoms with Crippen molar-refractivity contribution in [3.63, 3.8) is 0 Å². The number of hydrogen-bond acceptors (Lipinski definition) is 0. The quantitative estimate of drug-likeness (QED) is 0.462. The topological polar surface area (TPSA) is 0 Å². The molecule has 0 aromatic carbocycles. The fourth-order valence-electron chi connectivity index (χ4n) is 2.32. The Balaban J connectivity index is 2.09. The average molecular weight is 148 g/mol. The van der Waals surface area contributed by atoms with Gasteiger partial charge in [0.2, 0.25) is 0 Å². The summed E-state index contributed by atoms with van der Waals surface area (Å²) in [5.74, 6) is 1.95. The molecule has 0 heterocycles. The van der Waals surface area contributed by atoms with E-state index in [1.807, 2.05) is 0 Å². The first kappa shape index (κ1) is 7.15. The Labute approximate surface area is 69.0 Å². The molecule has 2 unspecified atom stereocenters. The molecule has 0 saturated heterocycles. The summed E-state index contributed by atoms with van der Waals surface area (Å²) in [5, 5.41) is 0. The molecule has 0 nitrogen and oxygen atoms in total. The minimum Gasteiger partial charge on any atom is -0.0882 e. The van der Waals surface area contributed by atoms with Gasteiger partial charge in [0.1, 0.15) is 0 Å². The van der Waals surface area contributed by atoms with Crippen molar-refractivity contribution in [2.24, 2.45) is 11.8 Å². The Morgan fingerprint density at radius 3 is 2.64 bits per heavy atom. The molecule has 0 saturated carbocycles. The summed E-state index contributed by atoms with van der Waals surface area (Å²) < 4.78 is 0. The number of allylic oxidation sites excluding steroid dienone is 4. The van der Waals surface area contributed by atoms with Gasteiger partial charge in [-0.1, -0.05) is 23.8 Å². The smallest absolute Gasteiger partial charge is 0.0289 e. The van der Waals surface area contributed by atoms with Gasteiger partial charge in [-0.25, -0.2) is 0 Å². The Kier molecular flexibility index (Phi) is 1.85. The van der Waals surface area contributed by atoms with Gasteiger partial charge in [-0.05, 0) is 44.4 Å². The van der Waals surface area contributed by atoms with Crippen molar-refractivity contribution in [2.75, 3.05) is 0 Å². The Morgan fingerprint density at radius 2 is 1.82 bits per heavy atom. The highest BCUT2D eigenvalue weighted by molar-refractivity contribution is 5.09. The zero-order valence-electron chi connectivity index (χ0n) is 7.22. The van der Waals surface area contributed by atoms with Crippen LogP contribution in [0.15, 0.2) is 23.8 Å². The third-order valence-electron chi connectivity index (χ3n) is 3.06. The van der Waals surface area contributed by atoms with Crippen LogP contribution in [-0.4, -0.2) is 0 Å². The molecule has 0 N–H and O–H groups in total. The first-order valence-electron chi connectivity index (χ1n) is 4.67. The van der Waals surface area contributed by atoms with Crippen molar-refractivity contribution in [1.29, 1.82) is 0 Å². The van der Waals surface area contributed by atoms with E-state index in [9.17, 15) is 0 Å². The van der Waals surface area contributed by atoms with Gasteiger partial charge >= 0.3 is 0 Å². The van der Waals surface area contributed by atoms with E-state index in [1.54, 1.807) is 5.57 Å². The molecule has 2 aliphatic rings. The summed E-state index contributed by atoms with van der Waals surface area (Å²) in [7, 11) is 0. The van der Waals surface area contributed by atoms with E-state index >= 15 is 0 Å². The zero-order valence-corrected chi connectivity index (χ0v) is 7.22. The maximum atomic E-state index is 2.43. The fraction of sp³-hybridized carbons (Fsp3) is 0.636. The summed E-state index contributed by atoms with van der Waals surface area (Å²) in [6.45, 7) is 2.27. The van der Waals surface area contributed by atoms with Crippen LogP contribution in [0.25, 0.3) is 0 Å². The minimum absolute atomic E-state index is 0.976. The molecule has 0 heteroatoms. The lowest BCUT2D eigenvalue weighted by Crippen LogP contribution is -2.19. The molecule has 0 amide bonds. The molecule has 2 atom stereocenters. The van der Waals surface area contributed by atoms with Gasteiger partial charge in [0, 0.05) is 0 Å². The van der Waals surface area contributed by atoms with Crippen molar-refractivity contribution in [3.8, 4) is 0 Å². The van der Waals surface area contributed by atoms with Gasteiger partial charge in [-0.15, -0.1) is 0 Å². The molecule has 0 spiro atoms. The highest BCUT2D eigenvalue weighted by atomic mass is 14.3. The molecule has 2 aliphatic carbocycles. The average Bonchev–Trinajstić information content (AvgIpc) is 2.04. The van der Waals surface area contributed by atoms with Gasteiger partial charge in [0.05, 0.1) is 0 Å². The van der Waals surface area contributed by atoms with E-state index < -0.39 is 0 Å². The number of rotatable bonds is 0. The molecule has 0 radical (unpaired) electrons. The molecule has 2 rings (SSSR count). The van der Waals surface area contributed by atoms with Crippen molar-refractivity contribution in [1.82, 2.24) is 0 Å². The van der Waals surface area contributed by atoms with Crippen LogP contribution in [0, 0.1) is 11.8 Å². The monoisotopic (exact) mass is 148 g/mol. The summed E-state index contributed by atoms with van der Waals surface area (Å²) in [6, 6.07) is 0. The molecule has 0 aromatic rings. The lowest BCUT2D eigenvalue weighted by molar-refractivity contribution is 0.307. The van der Waals surface area contributed by atoms with Crippen molar-refractivity contribution >= 4 is 0 Å². The van der Waals surface area contributed by atoms with E-state index in [-0.39, 0.29) is 0 Å². The SMILES string of the molecule is CC1=CCC2CC=CCC2C1. The first-order chi connectivity index (χ1) is 5.36. The Hall–Kier alpha value is -0.520. The summed E-state index contributed by atoms with van der Waals surface area (Å²) >= 11 is 0. The summed E-state index contributed by atoms with van der Waals surface area (Å²) in [4.78, 5) is 0. The number of hydrogen-bond donors (Lipinski definition) is 0. The summed E-state index contributed by atoms with van der Waals surface area (Å²) in [5.41, 5.74) is 1.61. The van der Waals surface area contributed by atoms with Crippen molar-refractivity contribution in [2.45, 2.75) is 32.6 Å². The third kappa shape index (κ3) is 1.40. The normalized spacial score (nSPS) is 36.3. The minimum atomic E-state index is 0.976. The molecule has 0 fully saturated rings. The maximum absolute atomic E-state index is 2.43. The molecule has 0 aromatic heterocycles. The molecular weight excluding hydrogens is 132 g/mol.